The van der Waals surface area contributed by atoms with Crippen LogP contribution in [-0.2, 0) is 13.5 Å². The number of rotatable bonds is 5. The summed E-state index contributed by atoms with van der Waals surface area (Å²) in [5, 5.41) is 7.67. The molecular formula is C12H21N3. The lowest BCUT2D eigenvalue weighted by Crippen LogP contribution is -2.36. The Morgan fingerprint density at radius 3 is 2.80 bits per heavy atom. The fourth-order valence-corrected chi connectivity index (χ4v) is 2.39. The van der Waals surface area contributed by atoms with Crippen LogP contribution in [0.15, 0.2) is 12.4 Å². The number of hydrogen-bond donors (Lipinski definition) is 1. The molecule has 1 N–H and O–H groups in total. The van der Waals surface area contributed by atoms with E-state index in [0.29, 0.717) is 0 Å². The van der Waals surface area contributed by atoms with E-state index >= 15 is 0 Å². The average Bonchev–Trinajstić information content (AvgIpc) is 2.60. The van der Waals surface area contributed by atoms with Crippen LogP contribution in [0.5, 0.6) is 0 Å². The van der Waals surface area contributed by atoms with Crippen molar-refractivity contribution in [1.29, 1.82) is 0 Å². The second-order valence-corrected chi connectivity index (χ2v) is 4.63. The summed E-state index contributed by atoms with van der Waals surface area (Å²) >= 11 is 0. The van der Waals surface area contributed by atoms with Crippen molar-refractivity contribution < 1.29 is 0 Å². The molecule has 1 saturated carbocycles. The quantitative estimate of drug-likeness (QED) is 0.795. The second kappa shape index (κ2) is 4.79. The smallest absolute Gasteiger partial charge is 0.0521 e. The van der Waals surface area contributed by atoms with Gasteiger partial charge in [-0.1, -0.05) is 6.92 Å². The van der Waals surface area contributed by atoms with E-state index in [0.717, 1.165) is 18.4 Å². The first-order valence-corrected chi connectivity index (χ1v) is 5.98. The van der Waals surface area contributed by atoms with Gasteiger partial charge in [-0.2, -0.15) is 5.10 Å². The van der Waals surface area contributed by atoms with Crippen molar-refractivity contribution in [3.63, 3.8) is 0 Å². The lowest BCUT2D eigenvalue weighted by Gasteiger charge is -2.36. The van der Waals surface area contributed by atoms with E-state index in [1.54, 1.807) is 0 Å². The van der Waals surface area contributed by atoms with Crippen molar-refractivity contribution in [1.82, 2.24) is 15.1 Å². The summed E-state index contributed by atoms with van der Waals surface area (Å²) in [7, 11) is 1.99. The van der Waals surface area contributed by atoms with Crippen LogP contribution in [0, 0.1) is 11.8 Å². The molecule has 0 bridgehead atoms. The number of hydrogen-bond acceptors (Lipinski definition) is 2. The summed E-state index contributed by atoms with van der Waals surface area (Å²) in [6, 6.07) is 0. The first-order valence-electron chi connectivity index (χ1n) is 5.98. The lowest BCUT2D eigenvalue weighted by atomic mass is 9.71. The van der Waals surface area contributed by atoms with Crippen molar-refractivity contribution >= 4 is 0 Å². The minimum Gasteiger partial charge on any atom is -0.317 e. The molecule has 84 valence electrons. The van der Waals surface area contributed by atoms with Crippen LogP contribution in [0.3, 0.4) is 0 Å². The first kappa shape index (κ1) is 10.7. The van der Waals surface area contributed by atoms with Gasteiger partial charge in [-0.25, -0.2) is 0 Å². The second-order valence-electron chi connectivity index (χ2n) is 4.63. The Hall–Kier alpha value is -0.830. The highest BCUT2D eigenvalue weighted by atomic mass is 15.2. The normalized spacial score (nSPS) is 25.2. The summed E-state index contributed by atoms with van der Waals surface area (Å²) in [4.78, 5) is 0. The molecule has 2 rings (SSSR count). The number of aryl methyl sites for hydroxylation is 1. The molecule has 15 heavy (non-hydrogen) atoms. The molecule has 0 radical (unpaired) electrons. The van der Waals surface area contributed by atoms with Crippen molar-refractivity contribution in [3.05, 3.63) is 18.0 Å². The molecule has 1 heterocycles. The van der Waals surface area contributed by atoms with Crippen LogP contribution in [0.2, 0.25) is 0 Å². The Kier molecular flexibility index (Phi) is 3.41. The molecule has 0 amide bonds. The molecule has 2 unspecified atom stereocenters. The van der Waals surface area contributed by atoms with Gasteiger partial charge in [0.1, 0.15) is 0 Å². The molecular weight excluding hydrogens is 186 g/mol. The Balaban J connectivity index is 1.80. The predicted molar refractivity (Wildman–Crippen MR) is 61.7 cm³/mol. The summed E-state index contributed by atoms with van der Waals surface area (Å²) in [5.41, 5.74) is 1.39. The summed E-state index contributed by atoms with van der Waals surface area (Å²) < 4.78 is 1.90. The highest BCUT2D eigenvalue weighted by Crippen LogP contribution is 2.36. The molecule has 1 aliphatic carbocycles. The Labute approximate surface area is 91.9 Å². The fraction of sp³-hybridized carbons (Fsp3) is 0.750. The average molecular weight is 207 g/mol. The maximum absolute atomic E-state index is 4.22. The van der Waals surface area contributed by atoms with E-state index in [4.69, 9.17) is 0 Å². The van der Waals surface area contributed by atoms with E-state index in [-0.39, 0.29) is 0 Å². The van der Waals surface area contributed by atoms with Crippen molar-refractivity contribution in [2.45, 2.75) is 26.2 Å². The fourth-order valence-electron chi connectivity index (χ4n) is 2.39. The highest BCUT2D eigenvalue weighted by Gasteiger charge is 2.30. The zero-order valence-corrected chi connectivity index (χ0v) is 9.74. The summed E-state index contributed by atoms with van der Waals surface area (Å²) in [6.07, 6.45) is 8.15. The van der Waals surface area contributed by atoms with E-state index in [2.05, 4.69) is 23.5 Å². The molecule has 0 aliphatic heterocycles. The first-order chi connectivity index (χ1) is 7.29. The van der Waals surface area contributed by atoms with Gasteiger partial charge in [0, 0.05) is 13.2 Å². The molecule has 1 aliphatic rings. The zero-order valence-electron chi connectivity index (χ0n) is 9.74. The van der Waals surface area contributed by atoms with E-state index in [9.17, 15) is 0 Å². The molecule has 1 fully saturated rings. The third kappa shape index (κ3) is 2.59. The van der Waals surface area contributed by atoms with Crippen LogP contribution >= 0.6 is 0 Å². The maximum atomic E-state index is 4.22. The van der Waals surface area contributed by atoms with Gasteiger partial charge in [-0.15, -0.1) is 0 Å². The van der Waals surface area contributed by atoms with Crippen molar-refractivity contribution in [2.75, 3.05) is 13.1 Å². The van der Waals surface area contributed by atoms with Crippen LogP contribution in [-0.4, -0.2) is 22.9 Å². The minimum atomic E-state index is 0.883. The van der Waals surface area contributed by atoms with E-state index in [1.807, 2.05) is 17.9 Å². The molecule has 0 saturated heterocycles. The van der Waals surface area contributed by atoms with Crippen LogP contribution in [0.1, 0.15) is 25.3 Å². The summed E-state index contributed by atoms with van der Waals surface area (Å²) in [6.45, 7) is 4.46. The van der Waals surface area contributed by atoms with Gasteiger partial charge >= 0.3 is 0 Å². The summed E-state index contributed by atoms with van der Waals surface area (Å²) in [5.74, 6) is 1.78. The van der Waals surface area contributed by atoms with Crippen LogP contribution in [0.25, 0.3) is 0 Å². The van der Waals surface area contributed by atoms with Crippen LogP contribution in [0.4, 0.5) is 0 Å². The molecule has 1 aromatic rings. The Morgan fingerprint density at radius 2 is 2.27 bits per heavy atom. The number of nitrogens with zero attached hydrogens (tertiary/aromatic N) is 2. The van der Waals surface area contributed by atoms with Gasteiger partial charge in [-0.3, -0.25) is 4.68 Å². The largest absolute Gasteiger partial charge is 0.317 e. The van der Waals surface area contributed by atoms with E-state index < -0.39 is 0 Å². The molecule has 0 aromatic carbocycles. The molecule has 3 nitrogen and oxygen atoms in total. The SMILES string of the molecule is CCNCC1CCC1Cc1cnn(C)c1. The van der Waals surface area contributed by atoms with Gasteiger partial charge in [0.05, 0.1) is 6.20 Å². The zero-order chi connectivity index (χ0) is 10.7. The van der Waals surface area contributed by atoms with Gasteiger partial charge in [0.15, 0.2) is 0 Å². The van der Waals surface area contributed by atoms with E-state index in [1.165, 1.54) is 31.4 Å². The molecule has 0 spiro atoms. The van der Waals surface area contributed by atoms with Crippen LogP contribution < -0.4 is 5.32 Å². The Morgan fingerprint density at radius 1 is 1.47 bits per heavy atom. The van der Waals surface area contributed by atoms with Crippen molar-refractivity contribution in [3.8, 4) is 0 Å². The Bertz CT molecular complexity index is 306. The number of nitrogens with one attached hydrogen (secondary N) is 1. The third-order valence-electron chi connectivity index (χ3n) is 3.49. The van der Waals surface area contributed by atoms with Gasteiger partial charge < -0.3 is 5.32 Å². The topological polar surface area (TPSA) is 29.9 Å². The third-order valence-corrected chi connectivity index (χ3v) is 3.49. The molecule has 2 atom stereocenters. The monoisotopic (exact) mass is 207 g/mol. The molecule has 1 aromatic heterocycles. The predicted octanol–water partition coefficient (Wildman–Crippen LogP) is 1.60. The highest BCUT2D eigenvalue weighted by molar-refractivity contribution is 5.06. The van der Waals surface area contributed by atoms with Gasteiger partial charge in [0.25, 0.3) is 0 Å². The van der Waals surface area contributed by atoms with Crippen molar-refractivity contribution in [2.24, 2.45) is 18.9 Å². The molecule has 3 heteroatoms. The van der Waals surface area contributed by atoms with Gasteiger partial charge in [-0.05, 0) is 49.8 Å². The lowest BCUT2D eigenvalue weighted by molar-refractivity contribution is 0.172. The standard InChI is InChI=1S/C12H21N3/c1-3-13-8-12-5-4-11(12)6-10-7-14-15(2)9-10/h7,9,11-13H,3-6,8H2,1-2H3. The number of aromatic nitrogens is 2. The maximum Gasteiger partial charge on any atom is 0.0521 e. The minimum absolute atomic E-state index is 0.883. The van der Waals surface area contributed by atoms with Gasteiger partial charge in [0.2, 0.25) is 0 Å².